The molecule has 1 saturated heterocycles. The fourth-order valence-electron chi connectivity index (χ4n) is 3.15. The number of hydrogen-bond acceptors (Lipinski definition) is 8. The van der Waals surface area contributed by atoms with Crippen LogP contribution in [-0.2, 0) is 4.74 Å². The van der Waals surface area contributed by atoms with Gasteiger partial charge in [-0.2, -0.15) is 0 Å². The van der Waals surface area contributed by atoms with Crippen LogP contribution in [0.25, 0.3) is 0 Å². The van der Waals surface area contributed by atoms with E-state index in [1.807, 2.05) is 0 Å². The van der Waals surface area contributed by atoms with Gasteiger partial charge in [-0.05, 0) is 6.07 Å². The molecule has 0 amide bonds. The Kier molecular flexibility index (Phi) is 4.90. The standard InChI is InChI=1S/C17H20O8/c1-7-5-9(19)12-8(13(7)20)3-2-4-10(12)24-17-16(23)15(22)14(21)11(6-18)25-17/h2-4,7,11,14-18,21-23H,5-6H2,1H3/t7-,11+,14+,15-,16+,17+/m0/s1. The Morgan fingerprint density at radius 3 is 2.56 bits per heavy atom. The van der Waals surface area contributed by atoms with Crippen molar-refractivity contribution >= 4 is 11.6 Å². The predicted molar refractivity (Wildman–Crippen MR) is 83.3 cm³/mol. The summed E-state index contributed by atoms with van der Waals surface area (Å²) in [6, 6.07) is 4.54. The summed E-state index contributed by atoms with van der Waals surface area (Å²) in [7, 11) is 0. The average molecular weight is 352 g/mol. The smallest absolute Gasteiger partial charge is 0.229 e. The molecule has 1 aliphatic carbocycles. The molecule has 0 aromatic heterocycles. The first-order chi connectivity index (χ1) is 11.8. The molecule has 0 saturated carbocycles. The first-order valence-electron chi connectivity index (χ1n) is 8.02. The summed E-state index contributed by atoms with van der Waals surface area (Å²) >= 11 is 0. The fraction of sp³-hybridized carbons (Fsp3) is 0.529. The van der Waals surface area contributed by atoms with Gasteiger partial charge in [-0.15, -0.1) is 0 Å². The average Bonchev–Trinajstić information content (AvgIpc) is 2.60. The van der Waals surface area contributed by atoms with Gasteiger partial charge in [0.15, 0.2) is 11.6 Å². The monoisotopic (exact) mass is 352 g/mol. The van der Waals surface area contributed by atoms with Crippen molar-refractivity contribution in [2.45, 2.75) is 44.1 Å². The van der Waals surface area contributed by atoms with E-state index in [1.165, 1.54) is 12.1 Å². The molecule has 0 radical (unpaired) electrons. The largest absolute Gasteiger partial charge is 0.461 e. The second kappa shape index (κ2) is 6.81. The number of aliphatic hydroxyl groups excluding tert-OH is 4. The van der Waals surface area contributed by atoms with E-state index in [0.717, 1.165) is 0 Å². The SMILES string of the molecule is C[C@H]1CC(=O)c2c(O[C@@H]3O[C@H](CO)[C@@H](O)[C@H](O)[C@H]3O)cccc2C1=O. The molecule has 6 atom stereocenters. The molecule has 136 valence electrons. The minimum absolute atomic E-state index is 0.0482. The Morgan fingerprint density at radius 1 is 1.16 bits per heavy atom. The van der Waals surface area contributed by atoms with Crippen LogP contribution >= 0.6 is 0 Å². The van der Waals surface area contributed by atoms with Gasteiger partial charge >= 0.3 is 0 Å². The van der Waals surface area contributed by atoms with E-state index in [0.29, 0.717) is 0 Å². The lowest BCUT2D eigenvalue weighted by atomic mass is 9.82. The van der Waals surface area contributed by atoms with Crippen LogP contribution in [0, 0.1) is 5.92 Å². The van der Waals surface area contributed by atoms with Gasteiger partial charge in [-0.3, -0.25) is 9.59 Å². The predicted octanol–water partition coefficient (Wildman–Crippen LogP) is -0.730. The van der Waals surface area contributed by atoms with Gasteiger partial charge in [-0.25, -0.2) is 0 Å². The van der Waals surface area contributed by atoms with Crippen molar-refractivity contribution in [1.29, 1.82) is 0 Å². The van der Waals surface area contributed by atoms with E-state index in [4.69, 9.17) is 9.47 Å². The number of aliphatic hydroxyl groups is 4. The summed E-state index contributed by atoms with van der Waals surface area (Å²) in [6.07, 6.45) is -7.17. The number of hydrogen-bond donors (Lipinski definition) is 4. The summed E-state index contributed by atoms with van der Waals surface area (Å²) in [4.78, 5) is 24.6. The Bertz CT molecular complexity index is 685. The number of Topliss-reactive ketones (excluding diaryl/α,β-unsaturated/α-hetero) is 2. The Balaban J connectivity index is 1.91. The van der Waals surface area contributed by atoms with E-state index < -0.39 is 43.2 Å². The Morgan fingerprint density at radius 2 is 1.88 bits per heavy atom. The second-order valence-electron chi connectivity index (χ2n) is 6.39. The number of benzene rings is 1. The third kappa shape index (κ3) is 3.07. The molecule has 0 unspecified atom stereocenters. The molecular formula is C17H20O8. The molecule has 8 heteroatoms. The molecule has 2 aliphatic rings. The Labute approximate surface area is 143 Å². The van der Waals surface area contributed by atoms with Gasteiger partial charge in [0.25, 0.3) is 0 Å². The third-order valence-corrected chi connectivity index (χ3v) is 4.60. The first-order valence-corrected chi connectivity index (χ1v) is 8.02. The molecule has 0 spiro atoms. The number of fused-ring (bicyclic) bond motifs is 1. The van der Waals surface area contributed by atoms with Crippen LogP contribution in [0.15, 0.2) is 18.2 Å². The van der Waals surface area contributed by atoms with E-state index in [-0.39, 0.29) is 34.9 Å². The maximum Gasteiger partial charge on any atom is 0.229 e. The van der Waals surface area contributed by atoms with E-state index in [1.54, 1.807) is 13.0 Å². The summed E-state index contributed by atoms with van der Waals surface area (Å²) < 4.78 is 10.8. The van der Waals surface area contributed by atoms with Gasteiger partial charge in [0.2, 0.25) is 6.29 Å². The number of rotatable bonds is 3. The molecule has 1 aliphatic heterocycles. The van der Waals surface area contributed by atoms with E-state index in [9.17, 15) is 30.0 Å². The number of ketones is 2. The van der Waals surface area contributed by atoms with Crippen molar-refractivity contribution < 1.29 is 39.5 Å². The molecule has 1 aromatic carbocycles. The van der Waals surface area contributed by atoms with Gasteiger partial charge in [0, 0.05) is 17.9 Å². The number of carbonyl (C=O) groups excluding carboxylic acids is 2. The van der Waals surface area contributed by atoms with Gasteiger partial charge < -0.3 is 29.9 Å². The maximum atomic E-state index is 12.4. The van der Waals surface area contributed by atoms with Crippen LogP contribution in [0.4, 0.5) is 0 Å². The van der Waals surface area contributed by atoms with Crippen LogP contribution < -0.4 is 4.74 Å². The van der Waals surface area contributed by atoms with Crippen LogP contribution in [-0.4, -0.2) is 69.3 Å². The van der Waals surface area contributed by atoms with Crippen LogP contribution in [0.1, 0.15) is 34.1 Å². The van der Waals surface area contributed by atoms with Crippen molar-refractivity contribution in [2.24, 2.45) is 5.92 Å². The van der Waals surface area contributed by atoms with Crippen molar-refractivity contribution in [3.63, 3.8) is 0 Å². The quantitative estimate of drug-likeness (QED) is 0.559. The van der Waals surface area contributed by atoms with Gasteiger partial charge in [0.1, 0.15) is 30.2 Å². The van der Waals surface area contributed by atoms with Crippen molar-refractivity contribution in [3.05, 3.63) is 29.3 Å². The zero-order valence-electron chi connectivity index (χ0n) is 13.5. The minimum atomic E-state index is -1.60. The van der Waals surface area contributed by atoms with Crippen LogP contribution in [0.2, 0.25) is 0 Å². The van der Waals surface area contributed by atoms with Crippen molar-refractivity contribution in [2.75, 3.05) is 6.61 Å². The van der Waals surface area contributed by atoms with Crippen molar-refractivity contribution in [1.82, 2.24) is 0 Å². The molecule has 25 heavy (non-hydrogen) atoms. The van der Waals surface area contributed by atoms with E-state index >= 15 is 0 Å². The Hall–Kier alpha value is -1.84. The maximum absolute atomic E-state index is 12.4. The lowest BCUT2D eigenvalue weighted by molar-refractivity contribution is -0.277. The molecule has 1 fully saturated rings. The van der Waals surface area contributed by atoms with E-state index in [2.05, 4.69) is 0 Å². The molecule has 0 bridgehead atoms. The zero-order valence-corrected chi connectivity index (χ0v) is 13.5. The summed E-state index contributed by atoms with van der Waals surface area (Å²) in [6.45, 7) is 1.08. The van der Waals surface area contributed by atoms with Gasteiger partial charge in [0.05, 0.1) is 12.2 Å². The topological polar surface area (TPSA) is 134 Å². The molecular weight excluding hydrogens is 332 g/mol. The zero-order chi connectivity index (χ0) is 18.3. The molecule has 3 rings (SSSR count). The van der Waals surface area contributed by atoms with Crippen LogP contribution in [0.5, 0.6) is 5.75 Å². The lowest BCUT2D eigenvalue weighted by Gasteiger charge is -2.39. The highest BCUT2D eigenvalue weighted by atomic mass is 16.7. The second-order valence-corrected chi connectivity index (χ2v) is 6.39. The van der Waals surface area contributed by atoms with Gasteiger partial charge in [-0.1, -0.05) is 19.1 Å². The normalized spacial score (nSPS) is 35.4. The highest BCUT2D eigenvalue weighted by Crippen LogP contribution is 2.34. The molecule has 4 N–H and O–H groups in total. The van der Waals surface area contributed by atoms with Crippen molar-refractivity contribution in [3.8, 4) is 5.75 Å². The lowest BCUT2D eigenvalue weighted by Crippen LogP contribution is -2.60. The first kappa shape index (κ1) is 18.0. The molecule has 1 heterocycles. The summed E-state index contributed by atoms with van der Waals surface area (Å²) in [5, 5.41) is 38.9. The third-order valence-electron chi connectivity index (χ3n) is 4.60. The number of carbonyl (C=O) groups is 2. The highest BCUT2D eigenvalue weighted by molar-refractivity contribution is 6.16. The molecule has 1 aromatic rings. The highest BCUT2D eigenvalue weighted by Gasteiger charge is 2.45. The fourth-order valence-corrected chi connectivity index (χ4v) is 3.15. The number of ether oxygens (including phenoxy) is 2. The summed E-state index contributed by atoms with van der Waals surface area (Å²) in [5.41, 5.74) is 0.355. The summed E-state index contributed by atoms with van der Waals surface area (Å²) in [5.74, 6) is -0.800. The van der Waals surface area contributed by atoms with Crippen LogP contribution in [0.3, 0.4) is 0 Å². The molecule has 8 nitrogen and oxygen atoms in total. The minimum Gasteiger partial charge on any atom is -0.461 e.